The van der Waals surface area contributed by atoms with Crippen molar-refractivity contribution >= 4 is 41.4 Å². The predicted molar refractivity (Wildman–Crippen MR) is 140 cm³/mol. The highest BCUT2D eigenvalue weighted by molar-refractivity contribution is 14.0. The highest BCUT2D eigenvalue weighted by Crippen LogP contribution is 2.28. The number of pyridine rings is 1. The molecule has 170 valence electrons. The number of hydrogen-bond acceptors (Lipinski definition) is 5. The molecule has 0 unspecified atom stereocenters. The van der Waals surface area contributed by atoms with Crippen molar-refractivity contribution in [1.29, 1.82) is 0 Å². The number of piperazine rings is 1. The summed E-state index contributed by atoms with van der Waals surface area (Å²) in [6.07, 6.45) is 1.95. The van der Waals surface area contributed by atoms with Gasteiger partial charge in [0.05, 0.1) is 12.8 Å². The van der Waals surface area contributed by atoms with Gasteiger partial charge >= 0.3 is 0 Å². The van der Waals surface area contributed by atoms with Crippen LogP contribution in [0.25, 0.3) is 0 Å². The van der Waals surface area contributed by atoms with Gasteiger partial charge in [0.2, 0.25) is 0 Å². The maximum absolute atomic E-state index is 5.52. The Morgan fingerprint density at radius 1 is 1.10 bits per heavy atom. The van der Waals surface area contributed by atoms with E-state index in [4.69, 9.17) is 4.74 Å². The molecule has 0 radical (unpaired) electrons. The second kappa shape index (κ2) is 12.6. The fourth-order valence-corrected chi connectivity index (χ4v) is 3.82. The highest BCUT2D eigenvalue weighted by atomic mass is 127. The lowest BCUT2D eigenvalue weighted by molar-refractivity contribution is 0.367. The van der Waals surface area contributed by atoms with Crippen LogP contribution in [0.4, 0.5) is 11.5 Å². The van der Waals surface area contributed by atoms with Gasteiger partial charge in [0.25, 0.3) is 0 Å². The van der Waals surface area contributed by atoms with E-state index in [9.17, 15) is 0 Å². The van der Waals surface area contributed by atoms with Crippen LogP contribution in [0.1, 0.15) is 19.4 Å². The Morgan fingerprint density at radius 3 is 2.39 bits per heavy atom. The minimum Gasteiger partial charge on any atom is -0.495 e. The predicted octanol–water partition coefficient (Wildman–Crippen LogP) is 3.45. The molecule has 3 rings (SSSR count). The van der Waals surface area contributed by atoms with Crippen molar-refractivity contribution in [2.24, 2.45) is 4.99 Å². The summed E-state index contributed by atoms with van der Waals surface area (Å²) in [7, 11) is 3.57. The molecule has 2 heterocycles. The summed E-state index contributed by atoms with van der Waals surface area (Å²) < 4.78 is 5.52. The Kier molecular flexibility index (Phi) is 10.2. The Hall–Kier alpha value is -2.23. The van der Waals surface area contributed by atoms with Crippen molar-refractivity contribution in [3.8, 4) is 5.75 Å². The van der Waals surface area contributed by atoms with Crippen molar-refractivity contribution in [3.63, 3.8) is 0 Å². The molecular weight excluding hydrogens is 503 g/mol. The van der Waals surface area contributed by atoms with Gasteiger partial charge < -0.3 is 24.8 Å². The van der Waals surface area contributed by atoms with E-state index >= 15 is 0 Å². The topological polar surface area (TPSA) is 56.2 Å². The molecule has 0 aliphatic carbocycles. The van der Waals surface area contributed by atoms with E-state index in [-0.39, 0.29) is 24.0 Å². The molecule has 31 heavy (non-hydrogen) atoms. The SMILES string of the molecule is CCN(CC)c1ccc(CNC(=NC)N2CCN(c3ccccc3OC)CC2)cn1.I. The smallest absolute Gasteiger partial charge is 0.194 e. The maximum atomic E-state index is 5.52. The first-order chi connectivity index (χ1) is 14.7. The van der Waals surface area contributed by atoms with Crippen molar-refractivity contribution in [2.75, 3.05) is 63.2 Å². The number of anilines is 2. The molecule has 1 aromatic carbocycles. The van der Waals surface area contributed by atoms with Crippen LogP contribution in [0, 0.1) is 0 Å². The number of halogens is 1. The van der Waals surface area contributed by atoms with Crippen LogP contribution in [-0.2, 0) is 6.54 Å². The van der Waals surface area contributed by atoms with Crippen LogP contribution in [0.15, 0.2) is 47.6 Å². The second-order valence-corrected chi connectivity index (χ2v) is 7.24. The van der Waals surface area contributed by atoms with Gasteiger partial charge in [-0.2, -0.15) is 0 Å². The van der Waals surface area contributed by atoms with Crippen molar-refractivity contribution in [3.05, 3.63) is 48.2 Å². The average Bonchev–Trinajstić information content (AvgIpc) is 2.81. The van der Waals surface area contributed by atoms with Crippen molar-refractivity contribution in [2.45, 2.75) is 20.4 Å². The number of aromatic nitrogens is 1. The summed E-state index contributed by atoms with van der Waals surface area (Å²) in [6, 6.07) is 12.4. The van der Waals surface area contributed by atoms with Gasteiger partial charge in [-0.3, -0.25) is 4.99 Å². The zero-order valence-corrected chi connectivity index (χ0v) is 21.4. The number of aliphatic imine (C=N–C) groups is 1. The Balaban J connectivity index is 0.00000341. The number of nitrogens with zero attached hydrogens (tertiary/aromatic N) is 5. The van der Waals surface area contributed by atoms with Gasteiger partial charge in [-0.15, -0.1) is 24.0 Å². The Morgan fingerprint density at radius 2 is 1.81 bits per heavy atom. The number of rotatable bonds is 7. The Labute approximate surface area is 203 Å². The molecule has 1 aliphatic rings. The zero-order chi connectivity index (χ0) is 21.3. The first-order valence-corrected chi connectivity index (χ1v) is 10.7. The number of benzene rings is 1. The summed E-state index contributed by atoms with van der Waals surface area (Å²) in [6.45, 7) is 10.6. The van der Waals surface area contributed by atoms with E-state index < -0.39 is 0 Å². The lowest BCUT2D eigenvalue weighted by Crippen LogP contribution is -2.52. The van der Waals surface area contributed by atoms with Crippen LogP contribution in [0.2, 0.25) is 0 Å². The van der Waals surface area contributed by atoms with Gasteiger partial charge in [0.15, 0.2) is 5.96 Å². The van der Waals surface area contributed by atoms with E-state index in [0.717, 1.165) is 68.0 Å². The molecule has 1 fully saturated rings. The minimum atomic E-state index is 0. The van der Waals surface area contributed by atoms with Gasteiger partial charge in [0, 0.05) is 59.1 Å². The van der Waals surface area contributed by atoms with Crippen LogP contribution in [0.5, 0.6) is 5.75 Å². The van der Waals surface area contributed by atoms with Gasteiger partial charge in [-0.05, 0) is 37.6 Å². The van der Waals surface area contributed by atoms with Crippen molar-refractivity contribution < 1.29 is 4.74 Å². The fraction of sp³-hybridized carbons (Fsp3) is 0.478. The maximum Gasteiger partial charge on any atom is 0.194 e. The number of para-hydroxylation sites is 2. The summed E-state index contributed by atoms with van der Waals surface area (Å²) in [5.74, 6) is 2.89. The monoisotopic (exact) mass is 538 g/mol. The van der Waals surface area contributed by atoms with E-state index in [2.05, 4.69) is 68.1 Å². The standard InChI is InChI=1S/C23H34N6O.HI/c1-5-27(6-2)22-12-11-19(17-25-22)18-26-23(24-3)29-15-13-28(14-16-29)20-9-7-8-10-21(20)30-4;/h7-12,17H,5-6,13-16,18H2,1-4H3,(H,24,26);1H. The molecule has 0 spiro atoms. The van der Waals surface area contributed by atoms with Gasteiger partial charge in [0.1, 0.15) is 11.6 Å². The molecule has 0 bridgehead atoms. The molecule has 1 aliphatic heterocycles. The van der Waals surface area contributed by atoms with Crippen LogP contribution in [0.3, 0.4) is 0 Å². The zero-order valence-electron chi connectivity index (χ0n) is 19.0. The van der Waals surface area contributed by atoms with Crippen molar-refractivity contribution in [1.82, 2.24) is 15.2 Å². The lowest BCUT2D eigenvalue weighted by Gasteiger charge is -2.38. The number of methoxy groups -OCH3 is 1. The second-order valence-electron chi connectivity index (χ2n) is 7.24. The van der Waals surface area contributed by atoms with Crippen LogP contribution in [-0.4, -0.2) is 69.3 Å². The third-order valence-corrected chi connectivity index (χ3v) is 5.56. The molecular formula is C23H35IN6O. The third-order valence-electron chi connectivity index (χ3n) is 5.56. The molecule has 7 nitrogen and oxygen atoms in total. The summed E-state index contributed by atoms with van der Waals surface area (Å²) in [5.41, 5.74) is 2.31. The van der Waals surface area contributed by atoms with Gasteiger partial charge in [-0.1, -0.05) is 18.2 Å². The summed E-state index contributed by atoms with van der Waals surface area (Å²) >= 11 is 0. The highest BCUT2D eigenvalue weighted by Gasteiger charge is 2.21. The fourth-order valence-electron chi connectivity index (χ4n) is 3.82. The van der Waals surface area contributed by atoms with Gasteiger partial charge in [-0.25, -0.2) is 4.98 Å². The third kappa shape index (κ3) is 6.38. The first kappa shape index (κ1) is 25.0. The molecule has 0 atom stereocenters. The quantitative estimate of drug-likeness (QED) is 0.331. The van der Waals surface area contributed by atoms with E-state index in [1.807, 2.05) is 25.4 Å². The molecule has 0 amide bonds. The number of guanidine groups is 1. The largest absolute Gasteiger partial charge is 0.495 e. The Bertz CT molecular complexity index is 817. The number of nitrogens with one attached hydrogen (secondary N) is 1. The molecule has 0 saturated carbocycles. The summed E-state index contributed by atoms with van der Waals surface area (Å²) in [4.78, 5) is 16.0. The minimum absolute atomic E-state index is 0. The molecule has 8 heteroatoms. The molecule has 1 saturated heterocycles. The first-order valence-electron chi connectivity index (χ1n) is 10.7. The summed E-state index contributed by atoms with van der Waals surface area (Å²) in [5, 5.41) is 3.49. The van der Waals surface area contributed by atoms with E-state index in [0.29, 0.717) is 6.54 Å². The number of hydrogen-bond donors (Lipinski definition) is 1. The van der Waals surface area contributed by atoms with E-state index in [1.165, 1.54) is 0 Å². The molecule has 2 aromatic rings. The van der Waals surface area contributed by atoms with Crippen LogP contribution >= 0.6 is 24.0 Å². The molecule has 1 N–H and O–H groups in total. The average molecular weight is 538 g/mol. The van der Waals surface area contributed by atoms with Crippen LogP contribution < -0.4 is 19.9 Å². The normalized spacial score (nSPS) is 14.1. The lowest BCUT2D eigenvalue weighted by atomic mass is 10.2. The molecule has 1 aromatic heterocycles. The van der Waals surface area contributed by atoms with E-state index in [1.54, 1.807) is 7.11 Å². The number of ether oxygens (including phenoxy) is 1.